The Morgan fingerprint density at radius 1 is 1.21 bits per heavy atom. The molecule has 1 amide bonds. The summed E-state index contributed by atoms with van der Waals surface area (Å²) in [6.07, 6.45) is -1.76. The molecule has 7 rings (SSSR count). The maximum absolute atomic E-state index is 14.9. The lowest BCUT2D eigenvalue weighted by atomic mass is 9.94. The van der Waals surface area contributed by atoms with Crippen LogP contribution in [0.2, 0.25) is 0 Å². The Kier molecular flexibility index (Phi) is 9.59. The molecule has 2 fully saturated rings. The van der Waals surface area contributed by atoms with Gasteiger partial charge in [0.2, 0.25) is 0 Å². The number of carbonyl (C=O) groups is 1. The molecular formula is C32H37F5N6O3S. The molecule has 3 aromatic rings. The van der Waals surface area contributed by atoms with Crippen LogP contribution in [0.1, 0.15) is 74.3 Å². The number of carbonyl (C=O) groups excluding carboxylic acids is 1. The van der Waals surface area contributed by atoms with Crippen molar-refractivity contribution in [2.75, 3.05) is 44.4 Å². The Balaban J connectivity index is 0.000000366. The monoisotopic (exact) mass is 680 g/mol. The molecule has 254 valence electrons. The van der Waals surface area contributed by atoms with Gasteiger partial charge in [0.15, 0.2) is 5.82 Å². The number of anilines is 2. The first-order chi connectivity index (χ1) is 22.5. The zero-order valence-electron chi connectivity index (χ0n) is 26.1. The van der Waals surface area contributed by atoms with Crippen LogP contribution in [-0.4, -0.2) is 66.8 Å². The first-order valence-corrected chi connectivity index (χ1v) is 16.5. The van der Waals surface area contributed by atoms with Crippen LogP contribution >= 0.6 is 11.3 Å². The maximum atomic E-state index is 14.9. The Morgan fingerprint density at radius 3 is 2.74 bits per heavy atom. The molecule has 2 aromatic heterocycles. The van der Waals surface area contributed by atoms with Crippen molar-refractivity contribution in [2.24, 2.45) is 0 Å². The van der Waals surface area contributed by atoms with E-state index in [1.165, 1.54) is 31.3 Å². The van der Waals surface area contributed by atoms with Crippen molar-refractivity contribution in [3.63, 3.8) is 0 Å². The summed E-state index contributed by atoms with van der Waals surface area (Å²) in [7, 11) is 2.98. The zero-order chi connectivity index (χ0) is 33.5. The van der Waals surface area contributed by atoms with E-state index in [0.717, 1.165) is 48.4 Å². The standard InChI is InChI=1S/C25H25F4N5O3S.C7H12FN/c1-31-23(35)19-8-12-10-34(7-3-4-18(12)38-19)22-13-11-37-17(9-16(13)32-24(33-22)36-2)20-14(25(27,28)29)5-6-15(30)21(20)26;8-6-4-7-2-1-3-9(7)5-6/h5-6,8,17H,3-4,7,9-11,30H2,1-2H3,(H,31,35);6-7H,1-5H2. The van der Waals surface area contributed by atoms with E-state index in [4.69, 9.17) is 15.2 Å². The van der Waals surface area contributed by atoms with E-state index in [2.05, 4.69) is 20.2 Å². The first kappa shape index (κ1) is 33.3. The number of fused-ring (bicyclic) bond motifs is 3. The van der Waals surface area contributed by atoms with E-state index in [1.807, 2.05) is 11.0 Å². The number of amides is 1. The number of alkyl halides is 4. The third kappa shape index (κ3) is 6.88. The van der Waals surface area contributed by atoms with Crippen molar-refractivity contribution < 1.29 is 36.2 Å². The molecule has 0 saturated carbocycles. The molecule has 3 atom stereocenters. The van der Waals surface area contributed by atoms with Crippen molar-refractivity contribution in [3.8, 4) is 6.01 Å². The number of nitrogens with one attached hydrogen (secondary N) is 1. The molecule has 0 spiro atoms. The highest BCUT2D eigenvalue weighted by molar-refractivity contribution is 7.14. The van der Waals surface area contributed by atoms with Crippen LogP contribution < -0.4 is 20.7 Å². The van der Waals surface area contributed by atoms with Gasteiger partial charge < -0.3 is 25.4 Å². The van der Waals surface area contributed by atoms with E-state index >= 15 is 0 Å². The second-order valence-corrected chi connectivity index (χ2v) is 13.3. The van der Waals surface area contributed by atoms with Crippen molar-refractivity contribution in [3.05, 3.63) is 61.7 Å². The minimum absolute atomic E-state index is 0.0457. The summed E-state index contributed by atoms with van der Waals surface area (Å²) in [5.41, 5.74) is 5.46. The summed E-state index contributed by atoms with van der Waals surface area (Å²) in [6.45, 7) is 2.85. The summed E-state index contributed by atoms with van der Waals surface area (Å²) in [4.78, 5) is 27.1. The minimum Gasteiger partial charge on any atom is -0.467 e. The van der Waals surface area contributed by atoms with Gasteiger partial charge in [0.05, 0.1) is 41.6 Å². The number of thiophene rings is 1. The fourth-order valence-electron chi connectivity index (χ4n) is 6.91. The average Bonchev–Trinajstić information content (AvgIpc) is 3.71. The summed E-state index contributed by atoms with van der Waals surface area (Å²) in [5.74, 6) is -0.768. The lowest BCUT2D eigenvalue weighted by molar-refractivity contribution is -0.140. The number of nitrogens with two attached hydrogens (primary N) is 1. The molecule has 3 unspecified atom stereocenters. The molecule has 6 heterocycles. The predicted octanol–water partition coefficient (Wildman–Crippen LogP) is 5.61. The number of hydrogen-bond acceptors (Lipinski definition) is 9. The number of hydrogen-bond donors (Lipinski definition) is 2. The fourth-order valence-corrected chi connectivity index (χ4v) is 8.07. The highest BCUT2D eigenvalue weighted by Crippen LogP contribution is 2.43. The number of nitrogen functional groups attached to an aromatic ring is 1. The quantitative estimate of drug-likeness (QED) is 0.271. The SMILES string of the molecule is CNC(=O)c1cc2c(s1)CCCN(c1nc(OC)nc3c1COC(c1c(C(F)(F)F)ccc(N)c1F)C3)C2.FC1CC2CCCN2C1. The van der Waals surface area contributed by atoms with Gasteiger partial charge in [-0.15, -0.1) is 11.3 Å². The molecule has 9 nitrogen and oxygen atoms in total. The number of benzene rings is 1. The Bertz CT molecular complexity index is 1620. The Morgan fingerprint density at radius 2 is 2.02 bits per heavy atom. The van der Waals surface area contributed by atoms with Crippen molar-refractivity contribution in [2.45, 2.75) is 76.2 Å². The predicted molar refractivity (Wildman–Crippen MR) is 167 cm³/mol. The summed E-state index contributed by atoms with van der Waals surface area (Å²) >= 11 is 1.46. The van der Waals surface area contributed by atoms with Crippen LogP contribution in [0.5, 0.6) is 6.01 Å². The Hall–Kier alpha value is -3.56. The van der Waals surface area contributed by atoms with Crippen molar-refractivity contribution >= 4 is 28.7 Å². The molecule has 0 radical (unpaired) electrons. The van der Waals surface area contributed by atoms with E-state index < -0.39 is 41.1 Å². The number of rotatable bonds is 4. The van der Waals surface area contributed by atoms with Crippen LogP contribution in [0.3, 0.4) is 0 Å². The number of ether oxygens (including phenoxy) is 2. The van der Waals surface area contributed by atoms with Crippen LogP contribution in [0.4, 0.5) is 33.5 Å². The first-order valence-electron chi connectivity index (χ1n) is 15.6. The van der Waals surface area contributed by atoms with Crippen LogP contribution in [-0.2, 0) is 36.9 Å². The third-order valence-corrected chi connectivity index (χ3v) is 10.4. The van der Waals surface area contributed by atoms with Crippen molar-refractivity contribution in [1.29, 1.82) is 0 Å². The van der Waals surface area contributed by atoms with Crippen LogP contribution in [0, 0.1) is 5.82 Å². The van der Waals surface area contributed by atoms with E-state index in [0.29, 0.717) is 47.6 Å². The third-order valence-electron chi connectivity index (χ3n) is 9.18. The molecular weight excluding hydrogens is 643 g/mol. The lowest BCUT2D eigenvalue weighted by Crippen LogP contribution is -2.29. The van der Waals surface area contributed by atoms with E-state index in [9.17, 15) is 26.7 Å². The fraction of sp³-hybridized carbons (Fsp3) is 0.531. The molecule has 47 heavy (non-hydrogen) atoms. The van der Waals surface area contributed by atoms with Crippen LogP contribution in [0.15, 0.2) is 18.2 Å². The Labute approximate surface area is 273 Å². The van der Waals surface area contributed by atoms with Gasteiger partial charge in [0, 0.05) is 55.1 Å². The average molecular weight is 681 g/mol. The van der Waals surface area contributed by atoms with Gasteiger partial charge in [0.1, 0.15) is 12.0 Å². The minimum atomic E-state index is -4.79. The molecule has 15 heteroatoms. The van der Waals surface area contributed by atoms with Gasteiger partial charge in [-0.3, -0.25) is 9.69 Å². The smallest absolute Gasteiger partial charge is 0.416 e. The zero-order valence-corrected chi connectivity index (χ0v) is 26.9. The molecule has 0 aliphatic carbocycles. The molecule has 1 aromatic carbocycles. The molecule has 0 bridgehead atoms. The summed E-state index contributed by atoms with van der Waals surface area (Å²) < 4.78 is 79.9. The van der Waals surface area contributed by atoms with Crippen LogP contribution in [0.25, 0.3) is 0 Å². The highest BCUT2D eigenvalue weighted by Gasteiger charge is 2.40. The van der Waals surface area contributed by atoms with E-state index in [-0.39, 0.29) is 24.9 Å². The number of nitrogens with zero attached hydrogens (tertiary/aromatic N) is 4. The number of aromatic nitrogens is 2. The molecule has 3 N–H and O–H groups in total. The summed E-state index contributed by atoms with van der Waals surface area (Å²) in [5, 5.41) is 2.64. The number of aryl methyl sites for hydroxylation is 1. The normalized spacial score (nSPS) is 22.4. The van der Waals surface area contributed by atoms with Gasteiger partial charge in [-0.25, -0.2) is 8.78 Å². The van der Waals surface area contributed by atoms with Gasteiger partial charge in [-0.05, 0) is 62.4 Å². The van der Waals surface area contributed by atoms with Gasteiger partial charge >= 0.3 is 12.2 Å². The van der Waals surface area contributed by atoms with Gasteiger partial charge in [-0.2, -0.15) is 23.1 Å². The molecule has 2 saturated heterocycles. The molecule has 4 aliphatic heterocycles. The number of methoxy groups -OCH3 is 1. The van der Waals surface area contributed by atoms with Gasteiger partial charge in [-0.1, -0.05) is 0 Å². The maximum Gasteiger partial charge on any atom is 0.416 e. The second kappa shape index (κ2) is 13.5. The number of halogens is 5. The highest BCUT2D eigenvalue weighted by atomic mass is 32.1. The van der Waals surface area contributed by atoms with Crippen molar-refractivity contribution in [1.82, 2.24) is 20.2 Å². The second-order valence-electron chi connectivity index (χ2n) is 12.2. The lowest BCUT2D eigenvalue weighted by Gasteiger charge is -2.31. The topological polar surface area (TPSA) is 106 Å². The van der Waals surface area contributed by atoms with E-state index in [1.54, 1.807) is 7.05 Å². The summed E-state index contributed by atoms with van der Waals surface area (Å²) in [6, 6.07) is 4.19. The van der Waals surface area contributed by atoms with Gasteiger partial charge in [0.25, 0.3) is 5.91 Å². The largest absolute Gasteiger partial charge is 0.467 e. The molecule has 4 aliphatic rings.